The Balaban J connectivity index is 1.57. The molecule has 0 amide bonds. The van der Waals surface area contributed by atoms with E-state index in [9.17, 15) is 5.26 Å². The standard InChI is InChI=1S/C36H23N3/c37-24-29-22-36(32(26-11-5-2-6-12-26)23-31(29)27-17-19-38-20-18-27)39-34-14-8-7-13-30(34)33-21-28(15-16-35(33)39)25-9-3-1-4-10-25/h1-23H. The molecule has 5 aromatic carbocycles. The molecule has 2 heterocycles. The largest absolute Gasteiger partial charge is 0.309 e. The van der Waals surface area contributed by atoms with Crippen LogP contribution < -0.4 is 0 Å². The van der Waals surface area contributed by atoms with E-state index in [4.69, 9.17) is 0 Å². The summed E-state index contributed by atoms with van der Waals surface area (Å²) in [5.41, 5.74) is 10.2. The van der Waals surface area contributed by atoms with E-state index in [0.29, 0.717) is 5.56 Å². The Morgan fingerprint density at radius 3 is 1.90 bits per heavy atom. The minimum Gasteiger partial charge on any atom is -0.309 e. The molecule has 3 nitrogen and oxygen atoms in total. The topological polar surface area (TPSA) is 41.6 Å². The molecule has 0 aliphatic heterocycles. The summed E-state index contributed by atoms with van der Waals surface area (Å²) in [7, 11) is 0. The summed E-state index contributed by atoms with van der Waals surface area (Å²) in [4.78, 5) is 4.18. The molecule has 0 bridgehead atoms. The Morgan fingerprint density at radius 2 is 1.15 bits per heavy atom. The van der Waals surface area contributed by atoms with E-state index in [1.165, 1.54) is 21.9 Å². The summed E-state index contributed by atoms with van der Waals surface area (Å²) >= 11 is 0. The van der Waals surface area contributed by atoms with Gasteiger partial charge in [0.25, 0.3) is 0 Å². The molecule has 0 saturated heterocycles. The molecular formula is C36H23N3. The Hall–Kier alpha value is -5.46. The Bertz CT molecular complexity index is 2000. The van der Waals surface area contributed by atoms with Gasteiger partial charge in [-0.25, -0.2) is 0 Å². The Labute approximate surface area is 226 Å². The van der Waals surface area contributed by atoms with Crippen LogP contribution in [-0.4, -0.2) is 9.55 Å². The molecule has 7 aromatic rings. The summed E-state index contributed by atoms with van der Waals surface area (Å²) < 4.78 is 2.30. The highest BCUT2D eigenvalue weighted by Gasteiger charge is 2.19. The summed E-state index contributed by atoms with van der Waals surface area (Å²) in [6.45, 7) is 0. The summed E-state index contributed by atoms with van der Waals surface area (Å²) in [5, 5.41) is 12.6. The number of para-hydroxylation sites is 1. The maximum Gasteiger partial charge on any atom is 0.0998 e. The number of nitriles is 1. The number of fused-ring (bicyclic) bond motifs is 3. The molecule has 0 atom stereocenters. The lowest BCUT2D eigenvalue weighted by Crippen LogP contribution is -2.00. The van der Waals surface area contributed by atoms with Gasteiger partial charge in [-0.1, -0.05) is 84.9 Å². The normalized spacial score (nSPS) is 11.1. The van der Waals surface area contributed by atoms with Crippen molar-refractivity contribution in [3.8, 4) is 45.1 Å². The van der Waals surface area contributed by atoms with Crippen LogP contribution in [0.4, 0.5) is 0 Å². The first kappa shape index (κ1) is 22.7. The lowest BCUT2D eigenvalue weighted by molar-refractivity contribution is 1.18. The maximum absolute atomic E-state index is 10.3. The fourth-order valence-electron chi connectivity index (χ4n) is 5.53. The number of nitrogens with zero attached hydrogens (tertiary/aromatic N) is 3. The zero-order valence-corrected chi connectivity index (χ0v) is 21.1. The Morgan fingerprint density at radius 1 is 0.513 bits per heavy atom. The van der Waals surface area contributed by atoms with Crippen molar-refractivity contribution in [2.75, 3.05) is 0 Å². The molecule has 0 spiro atoms. The molecule has 0 saturated carbocycles. The molecule has 0 aliphatic rings. The molecule has 39 heavy (non-hydrogen) atoms. The van der Waals surface area contributed by atoms with Crippen LogP contribution in [0.25, 0.3) is 60.9 Å². The third kappa shape index (κ3) is 3.87. The van der Waals surface area contributed by atoms with Gasteiger partial charge in [-0.3, -0.25) is 4.98 Å². The van der Waals surface area contributed by atoms with Crippen LogP contribution in [0.5, 0.6) is 0 Å². The highest BCUT2D eigenvalue weighted by molar-refractivity contribution is 6.11. The van der Waals surface area contributed by atoms with E-state index in [1.807, 2.05) is 30.3 Å². The molecule has 182 valence electrons. The molecule has 0 radical (unpaired) electrons. The van der Waals surface area contributed by atoms with Gasteiger partial charge in [0, 0.05) is 34.3 Å². The van der Waals surface area contributed by atoms with Crippen molar-refractivity contribution in [3.05, 3.63) is 145 Å². The van der Waals surface area contributed by atoms with Gasteiger partial charge in [0.1, 0.15) is 0 Å². The van der Waals surface area contributed by atoms with E-state index in [1.54, 1.807) is 12.4 Å². The van der Waals surface area contributed by atoms with E-state index in [2.05, 4.69) is 113 Å². The zero-order valence-electron chi connectivity index (χ0n) is 21.1. The third-order valence-electron chi connectivity index (χ3n) is 7.35. The van der Waals surface area contributed by atoms with Crippen molar-refractivity contribution < 1.29 is 0 Å². The lowest BCUT2D eigenvalue weighted by Gasteiger charge is -2.17. The number of hydrogen-bond donors (Lipinski definition) is 0. The van der Waals surface area contributed by atoms with Crippen LogP contribution in [0.2, 0.25) is 0 Å². The van der Waals surface area contributed by atoms with Crippen molar-refractivity contribution in [2.45, 2.75) is 0 Å². The summed E-state index contributed by atoms with van der Waals surface area (Å²) in [6.07, 6.45) is 3.54. The van der Waals surface area contributed by atoms with Gasteiger partial charge in [0.15, 0.2) is 0 Å². The molecule has 3 heteroatoms. The second kappa shape index (κ2) is 9.45. The molecular weight excluding hydrogens is 474 g/mol. The van der Waals surface area contributed by atoms with Gasteiger partial charge in [0.2, 0.25) is 0 Å². The number of pyridine rings is 1. The molecule has 2 aromatic heterocycles. The number of benzene rings is 5. The maximum atomic E-state index is 10.3. The van der Waals surface area contributed by atoms with Crippen LogP contribution >= 0.6 is 0 Å². The van der Waals surface area contributed by atoms with E-state index in [-0.39, 0.29) is 0 Å². The lowest BCUT2D eigenvalue weighted by atomic mass is 9.93. The summed E-state index contributed by atoms with van der Waals surface area (Å²) in [6, 6.07) is 46.6. The van der Waals surface area contributed by atoms with Crippen LogP contribution in [0, 0.1) is 11.3 Å². The first-order valence-electron chi connectivity index (χ1n) is 12.9. The van der Waals surface area contributed by atoms with Gasteiger partial charge < -0.3 is 4.57 Å². The summed E-state index contributed by atoms with van der Waals surface area (Å²) in [5.74, 6) is 0. The smallest absolute Gasteiger partial charge is 0.0998 e. The third-order valence-corrected chi connectivity index (χ3v) is 7.35. The molecule has 0 N–H and O–H groups in total. The molecule has 7 rings (SSSR count). The van der Waals surface area contributed by atoms with E-state index in [0.717, 1.165) is 39.0 Å². The van der Waals surface area contributed by atoms with Crippen molar-refractivity contribution in [1.82, 2.24) is 9.55 Å². The van der Waals surface area contributed by atoms with Gasteiger partial charge in [-0.15, -0.1) is 0 Å². The fraction of sp³-hybridized carbons (Fsp3) is 0. The SMILES string of the molecule is N#Cc1cc(-n2c3ccccc3c3cc(-c4ccccc4)ccc32)c(-c2ccccc2)cc1-c1ccncc1. The van der Waals surface area contributed by atoms with Gasteiger partial charge >= 0.3 is 0 Å². The van der Waals surface area contributed by atoms with E-state index < -0.39 is 0 Å². The number of rotatable bonds is 4. The quantitative estimate of drug-likeness (QED) is 0.243. The monoisotopic (exact) mass is 497 g/mol. The van der Waals surface area contributed by atoms with Crippen molar-refractivity contribution in [3.63, 3.8) is 0 Å². The molecule has 0 aliphatic carbocycles. The van der Waals surface area contributed by atoms with E-state index >= 15 is 0 Å². The van der Waals surface area contributed by atoms with Crippen LogP contribution in [0.15, 0.2) is 140 Å². The van der Waals surface area contributed by atoms with Gasteiger partial charge in [-0.2, -0.15) is 5.26 Å². The minimum absolute atomic E-state index is 0.628. The minimum atomic E-state index is 0.628. The number of hydrogen-bond acceptors (Lipinski definition) is 2. The van der Waals surface area contributed by atoms with Crippen LogP contribution in [-0.2, 0) is 0 Å². The van der Waals surface area contributed by atoms with Crippen molar-refractivity contribution in [2.24, 2.45) is 0 Å². The molecule has 0 fully saturated rings. The first-order chi connectivity index (χ1) is 19.3. The first-order valence-corrected chi connectivity index (χ1v) is 12.9. The number of aromatic nitrogens is 2. The highest BCUT2D eigenvalue weighted by atomic mass is 15.0. The Kier molecular flexibility index (Phi) is 5.50. The van der Waals surface area contributed by atoms with Crippen LogP contribution in [0.3, 0.4) is 0 Å². The van der Waals surface area contributed by atoms with Gasteiger partial charge in [0.05, 0.1) is 28.4 Å². The fourth-order valence-corrected chi connectivity index (χ4v) is 5.53. The predicted octanol–water partition coefficient (Wildman–Crippen LogP) is 9.05. The average Bonchev–Trinajstić information content (AvgIpc) is 3.35. The van der Waals surface area contributed by atoms with Crippen LogP contribution in [0.1, 0.15) is 5.56 Å². The molecule has 0 unspecified atom stereocenters. The average molecular weight is 498 g/mol. The zero-order chi connectivity index (χ0) is 26.2. The second-order valence-electron chi connectivity index (χ2n) is 9.58. The predicted molar refractivity (Wildman–Crippen MR) is 160 cm³/mol. The van der Waals surface area contributed by atoms with Crippen molar-refractivity contribution >= 4 is 21.8 Å². The second-order valence-corrected chi connectivity index (χ2v) is 9.58. The van der Waals surface area contributed by atoms with Gasteiger partial charge in [-0.05, 0) is 64.7 Å². The van der Waals surface area contributed by atoms with Crippen molar-refractivity contribution in [1.29, 1.82) is 5.26 Å². The highest BCUT2D eigenvalue weighted by Crippen LogP contribution is 2.40.